The minimum absolute atomic E-state index is 0.0594. The summed E-state index contributed by atoms with van der Waals surface area (Å²) in [6.07, 6.45) is 3.75. The van der Waals surface area contributed by atoms with Gasteiger partial charge in [0.15, 0.2) is 5.84 Å². The molecule has 0 radical (unpaired) electrons. The molecule has 4 heterocycles. The van der Waals surface area contributed by atoms with Crippen LogP contribution in [0.25, 0.3) is 0 Å². The molecular weight excluding hydrogens is 446 g/mol. The van der Waals surface area contributed by atoms with Gasteiger partial charge in [-0.15, -0.1) is 0 Å². The molecular formula is C25H31N7O3. The molecule has 0 spiro atoms. The lowest BCUT2D eigenvalue weighted by molar-refractivity contribution is -0.143. The fraction of sp³-hybridized carbons (Fsp3) is 0.440. The number of likely N-dealkylation sites (tertiary alicyclic amines) is 1. The molecule has 10 nitrogen and oxygen atoms in total. The molecule has 0 aromatic carbocycles. The van der Waals surface area contributed by atoms with E-state index in [1.54, 1.807) is 54.1 Å². The maximum Gasteiger partial charge on any atom is 0.275 e. The number of aliphatic hydroxyl groups excluding tert-OH is 1. The standard InChI is InChI=1S/C25H31N7O3/c1-15-7-8-20(26)32(15)22(27)18-5-4-6-21(29-18)30-23(34)19-11-17-13-31(10-9-16(17)12-28-19)24(35)25(2,3)14-33/h4-6,11-12,15,26-27,33H,7-10,13-14H2,1-3H3,(H,29,30,34). The van der Waals surface area contributed by atoms with Crippen LogP contribution in [-0.4, -0.2) is 67.6 Å². The fourth-order valence-corrected chi connectivity index (χ4v) is 4.39. The summed E-state index contributed by atoms with van der Waals surface area (Å²) in [5.74, 6) is 0.254. The van der Waals surface area contributed by atoms with Gasteiger partial charge in [0.25, 0.3) is 5.91 Å². The molecule has 1 atom stereocenters. The third kappa shape index (κ3) is 4.93. The van der Waals surface area contributed by atoms with Gasteiger partial charge in [-0.3, -0.25) is 25.4 Å². The van der Waals surface area contributed by atoms with Gasteiger partial charge in [-0.2, -0.15) is 0 Å². The summed E-state index contributed by atoms with van der Waals surface area (Å²) in [5.41, 5.74) is 1.56. The number of nitrogens with one attached hydrogen (secondary N) is 3. The van der Waals surface area contributed by atoms with Crippen molar-refractivity contribution in [2.45, 2.75) is 52.6 Å². The van der Waals surface area contributed by atoms with Crippen molar-refractivity contribution in [3.63, 3.8) is 0 Å². The first-order valence-corrected chi connectivity index (χ1v) is 11.7. The maximum atomic E-state index is 12.9. The van der Waals surface area contributed by atoms with E-state index < -0.39 is 11.3 Å². The Morgan fingerprint density at radius 3 is 2.69 bits per heavy atom. The van der Waals surface area contributed by atoms with E-state index in [9.17, 15) is 14.7 Å². The zero-order chi connectivity index (χ0) is 25.3. The van der Waals surface area contributed by atoms with Crippen LogP contribution in [0.4, 0.5) is 5.82 Å². The summed E-state index contributed by atoms with van der Waals surface area (Å²) >= 11 is 0. The molecule has 10 heteroatoms. The number of pyridine rings is 2. The van der Waals surface area contributed by atoms with Crippen molar-refractivity contribution in [2.75, 3.05) is 18.5 Å². The van der Waals surface area contributed by atoms with E-state index in [4.69, 9.17) is 10.8 Å². The van der Waals surface area contributed by atoms with Gasteiger partial charge in [0.1, 0.15) is 23.0 Å². The number of carbonyl (C=O) groups is 2. The number of rotatable bonds is 5. The Labute approximate surface area is 204 Å². The van der Waals surface area contributed by atoms with Crippen LogP contribution in [0.1, 0.15) is 60.9 Å². The number of nitrogens with zero attached hydrogens (tertiary/aromatic N) is 4. The molecule has 4 N–H and O–H groups in total. The second-order valence-corrected chi connectivity index (χ2v) is 9.77. The largest absolute Gasteiger partial charge is 0.395 e. The second kappa shape index (κ2) is 9.53. The third-order valence-electron chi connectivity index (χ3n) is 6.59. The Bertz CT molecular complexity index is 1190. The van der Waals surface area contributed by atoms with Crippen molar-refractivity contribution < 1.29 is 14.7 Å². The van der Waals surface area contributed by atoms with Crippen LogP contribution in [0.3, 0.4) is 0 Å². The Morgan fingerprint density at radius 2 is 2.00 bits per heavy atom. The molecule has 0 bridgehead atoms. The van der Waals surface area contributed by atoms with E-state index in [1.165, 1.54) is 0 Å². The first-order valence-electron chi connectivity index (χ1n) is 11.7. The van der Waals surface area contributed by atoms with Crippen LogP contribution in [0.15, 0.2) is 30.5 Å². The van der Waals surface area contributed by atoms with Crippen molar-refractivity contribution >= 4 is 29.3 Å². The number of fused-ring (bicyclic) bond motifs is 1. The van der Waals surface area contributed by atoms with Crippen LogP contribution in [0.5, 0.6) is 0 Å². The molecule has 1 fully saturated rings. The fourth-order valence-electron chi connectivity index (χ4n) is 4.39. The van der Waals surface area contributed by atoms with Crippen molar-refractivity contribution in [1.29, 1.82) is 10.8 Å². The Morgan fingerprint density at radius 1 is 1.23 bits per heavy atom. The van der Waals surface area contributed by atoms with E-state index in [1.807, 2.05) is 6.92 Å². The normalized spacial score (nSPS) is 17.8. The van der Waals surface area contributed by atoms with Crippen molar-refractivity contribution in [3.05, 3.63) is 53.0 Å². The van der Waals surface area contributed by atoms with Crippen LogP contribution in [0, 0.1) is 16.2 Å². The predicted molar refractivity (Wildman–Crippen MR) is 132 cm³/mol. The zero-order valence-corrected chi connectivity index (χ0v) is 20.3. The van der Waals surface area contributed by atoms with Crippen LogP contribution in [0.2, 0.25) is 0 Å². The van der Waals surface area contributed by atoms with Gasteiger partial charge in [-0.1, -0.05) is 6.07 Å². The smallest absolute Gasteiger partial charge is 0.275 e. The highest BCUT2D eigenvalue weighted by molar-refractivity contribution is 6.08. The summed E-state index contributed by atoms with van der Waals surface area (Å²) in [4.78, 5) is 37.8. The monoisotopic (exact) mass is 477 g/mol. The van der Waals surface area contributed by atoms with Crippen molar-refractivity contribution in [3.8, 4) is 0 Å². The maximum absolute atomic E-state index is 12.9. The van der Waals surface area contributed by atoms with Crippen molar-refractivity contribution in [2.24, 2.45) is 5.41 Å². The highest BCUT2D eigenvalue weighted by Crippen LogP contribution is 2.25. The van der Waals surface area contributed by atoms with Crippen molar-refractivity contribution in [1.82, 2.24) is 19.8 Å². The summed E-state index contributed by atoms with van der Waals surface area (Å²) in [6, 6.07) is 6.79. The molecule has 4 rings (SSSR count). The average Bonchev–Trinajstić information content (AvgIpc) is 3.20. The first-order chi connectivity index (χ1) is 16.6. The second-order valence-electron chi connectivity index (χ2n) is 9.77. The Kier molecular flexibility index (Phi) is 6.66. The molecule has 2 aromatic heterocycles. The number of aromatic nitrogens is 2. The lowest BCUT2D eigenvalue weighted by Crippen LogP contribution is -2.45. The molecule has 1 saturated heterocycles. The highest BCUT2D eigenvalue weighted by Gasteiger charge is 2.33. The highest BCUT2D eigenvalue weighted by atomic mass is 16.3. The molecule has 184 valence electrons. The number of hydrogen-bond acceptors (Lipinski definition) is 7. The number of carbonyl (C=O) groups excluding carboxylic acids is 2. The van der Waals surface area contributed by atoms with Gasteiger partial charge in [0.2, 0.25) is 5.91 Å². The summed E-state index contributed by atoms with van der Waals surface area (Å²) in [6.45, 7) is 6.06. The quantitative estimate of drug-likeness (QED) is 0.384. The van der Waals surface area contributed by atoms with E-state index in [0.717, 1.165) is 17.5 Å². The summed E-state index contributed by atoms with van der Waals surface area (Å²) in [5, 5.41) is 28.9. The molecule has 35 heavy (non-hydrogen) atoms. The van der Waals surface area contributed by atoms with E-state index in [-0.39, 0.29) is 35.9 Å². The number of anilines is 1. The number of amidine groups is 2. The van der Waals surface area contributed by atoms with Gasteiger partial charge in [0, 0.05) is 31.7 Å². The number of amides is 2. The van der Waals surface area contributed by atoms with Crippen LogP contribution in [-0.2, 0) is 17.8 Å². The Balaban J connectivity index is 1.48. The average molecular weight is 478 g/mol. The van der Waals surface area contributed by atoms with Gasteiger partial charge in [-0.05, 0) is 62.9 Å². The molecule has 0 aliphatic carbocycles. The topological polar surface area (TPSA) is 146 Å². The Hall–Kier alpha value is -3.66. The van der Waals surface area contributed by atoms with E-state index in [2.05, 4.69) is 15.3 Å². The third-order valence-corrected chi connectivity index (χ3v) is 6.59. The molecule has 0 saturated carbocycles. The summed E-state index contributed by atoms with van der Waals surface area (Å²) < 4.78 is 0. The van der Waals surface area contributed by atoms with Gasteiger partial charge >= 0.3 is 0 Å². The van der Waals surface area contributed by atoms with Crippen LogP contribution >= 0.6 is 0 Å². The first kappa shape index (κ1) is 24.5. The van der Waals surface area contributed by atoms with Crippen LogP contribution < -0.4 is 5.32 Å². The lowest BCUT2D eigenvalue weighted by Gasteiger charge is -2.34. The minimum atomic E-state index is -0.861. The molecule has 2 amide bonds. The number of aliphatic hydroxyl groups is 1. The van der Waals surface area contributed by atoms with E-state index in [0.29, 0.717) is 37.5 Å². The number of hydrogen-bond donors (Lipinski definition) is 4. The van der Waals surface area contributed by atoms with Gasteiger partial charge in [-0.25, -0.2) is 4.98 Å². The van der Waals surface area contributed by atoms with Gasteiger partial charge < -0.3 is 20.2 Å². The molecule has 2 aliphatic heterocycles. The SMILES string of the molecule is CC1CCC(=N)N1C(=N)c1cccc(NC(=O)c2cc3c(cn2)CCN(C(=O)C(C)(C)CO)C3)n1. The molecule has 1 unspecified atom stereocenters. The van der Waals surface area contributed by atoms with E-state index >= 15 is 0 Å². The summed E-state index contributed by atoms with van der Waals surface area (Å²) in [7, 11) is 0. The minimum Gasteiger partial charge on any atom is -0.395 e. The van der Waals surface area contributed by atoms with Gasteiger partial charge in [0.05, 0.1) is 12.0 Å². The predicted octanol–water partition coefficient (Wildman–Crippen LogP) is 2.42. The molecule has 2 aliphatic rings. The molecule has 2 aromatic rings. The zero-order valence-electron chi connectivity index (χ0n) is 20.3. The lowest BCUT2D eigenvalue weighted by atomic mass is 9.91.